The van der Waals surface area contributed by atoms with E-state index in [0.717, 1.165) is 7.14 Å². The monoisotopic (exact) mass is 447 g/mol. The van der Waals surface area contributed by atoms with Crippen molar-refractivity contribution >= 4 is 45.2 Å². The lowest BCUT2D eigenvalue weighted by atomic mass is 9.81. The Balaban J connectivity index is 3.23. The molecule has 1 aromatic rings. The fraction of sp³-hybridized carbons (Fsp3) is 0.455. The van der Waals surface area contributed by atoms with Gasteiger partial charge in [-0.05, 0) is 57.3 Å². The van der Waals surface area contributed by atoms with E-state index in [4.69, 9.17) is 5.73 Å². The van der Waals surface area contributed by atoms with Crippen molar-refractivity contribution in [3.63, 3.8) is 0 Å². The normalized spacial score (nSPS) is 13.9. The van der Waals surface area contributed by atoms with E-state index in [9.17, 15) is 10.2 Å². The second-order valence-electron chi connectivity index (χ2n) is 4.45. The molecule has 0 saturated carbocycles. The highest BCUT2D eigenvalue weighted by atomic mass is 127. The maximum absolute atomic E-state index is 9.98. The van der Waals surface area contributed by atoms with Crippen LogP contribution in [0.1, 0.15) is 25.5 Å². The third kappa shape index (κ3) is 2.99. The molecule has 0 aliphatic heterocycles. The standard InChI is InChI=1S/C11H15I2NO2/c1-11(2,5-15)10(14)7-3-6(12)4-8(13)9(7)16/h3-4,10,15-16H,5,14H2,1-2H3/t10-/m1/s1. The molecule has 1 aromatic carbocycles. The number of aromatic hydroxyl groups is 1. The maximum atomic E-state index is 9.98. The van der Waals surface area contributed by atoms with Crippen LogP contribution in [0.25, 0.3) is 0 Å². The van der Waals surface area contributed by atoms with Crippen molar-refractivity contribution in [2.24, 2.45) is 11.1 Å². The summed E-state index contributed by atoms with van der Waals surface area (Å²) < 4.78 is 1.81. The molecule has 1 rings (SSSR count). The number of benzene rings is 1. The molecule has 0 spiro atoms. The minimum absolute atomic E-state index is 0.0182. The van der Waals surface area contributed by atoms with Crippen molar-refractivity contribution in [2.45, 2.75) is 19.9 Å². The van der Waals surface area contributed by atoms with E-state index in [-0.39, 0.29) is 18.4 Å². The minimum Gasteiger partial charge on any atom is -0.506 e. The van der Waals surface area contributed by atoms with Crippen LogP contribution < -0.4 is 5.73 Å². The lowest BCUT2D eigenvalue weighted by Gasteiger charge is -2.30. The summed E-state index contributed by atoms with van der Waals surface area (Å²) in [5.74, 6) is 0.218. The van der Waals surface area contributed by atoms with Crippen LogP contribution in [0, 0.1) is 12.6 Å². The van der Waals surface area contributed by atoms with Crippen molar-refractivity contribution in [1.29, 1.82) is 0 Å². The molecule has 16 heavy (non-hydrogen) atoms. The van der Waals surface area contributed by atoms with E-state index in [2.05, 4.69) is 45.2 Å². The van der Waals surface area contributed by atoms with Gasteiger partial charge in [-0.15, -0.1) is 0 Å². The average Bonchev–Trinajstić information content (AvgIpc) is 2.22. The Morgan fingerprint density at radius 3 is 2.44 bits per heavy atom. The molecule has 1 atom stereocenters. The molecule has 0 radical (unpaired) electrons. The van der Waals surface area contributed by atoms with Crippen LogP contribution in [0.2, 0.25) is 0 Å². The molecule has 90 valence electrons. The molecule has 0 aliphatic carbocycles. The van der Waals surface area contributed by atoms with Crippen molar-refractivity contribution in [3.05, 3.63) is 24.8 Å². The number of phenolic OH excluding ortho intramolecular Hbond substituents is 1. The Bertz CT molecular complexity index is 394. The minimum atomic E-state index is -0.453. The Morgan fingerprint density at radius 2 is 1.94 bits per heavy atom. The maximum Gasteiger partial charge on any atom is 0.133 e. The second kappa shape index (κ2) is 5.36. The summed E-state index contributed by atoms with van der Waals surface area (Å²) in [5, 5.41) is 19.3. The number of aliphatic hydroxyl groups excluding tert-OH is 1. The smallest absolute Gasteiger partial charge is 0.133 e. The summed E-state index contributed by atoms with van der Waals surface area (Å²) in [6.07, 6.45) is 0. The number of nitrogens with two attached hydrogens (primary N) is 1. The van der Waals surface area contributed by atoms with Gasteiger partial charge in [0.1, 0.15) is 5.75 Å². The molecular formula is C11H15I2NO2. The van der Waals surface area contributed by atoms with Gasteiger partial charge < -0.3 is 15.9 Å². The Labute approximate surface area is 123 Å². The molecule has 5 heteroatoms. The van der Waals surface area contributed by atoms with Gasteiger partial charge in [0.15, 0.2) is 0 Å². The van der Waals surface area contributed by atoms with Gasteiger partial charge in [0.25, 0.3) is 0 Å². The van der Waals surface area contributed by atoms with Gasteiger partial charge in [-0.1, -0.05) is 13.8 Å². The predicted octanol–water partition coefficient (Wildman–Crippen LogP) is 2.62. The van der Waals surface area contributed by atoms with E-state index < -0.39 is 5.41 Å². The molecule has 0 unspecified atom stereocenters. The van der Waals surface area contributed by atoms with Crippen molar-refractivity contribution in [2.75, 3.05) is 6.61 Å². The van der Waals surface area contributed by atoms with Crippen LogP contribution in [-0.4, -0.2) is 16.8 Å². The third-order valence-electron chi connectivity index (χ3n) is 2.64. The molecule has 3 nitrogen and oxygen atoms in total. The number of rotatable bonds is 3. The summed E-state index contributed by atoms with van der Waals surface area (Å²) in [6.45, 7) is 3.74. The zero-order valence-corrected chi connectivity index (χ0v) is 13.5. The van der Waals surface area contributed by atoms with E-state index in [1.54, 1.807) is 0 Å². The zero-order chi connectivity index (χ0) is 12.5. The van der Waals surface area contributed by atoms with Gasteiger partial charge in [0, 0.05) is 27.2 Å². The molecule has 0 aliphatic rings. The molecule has 0 aromatic heterocycles. The first kappa shape index (κ1) is 14.5. The Hall–Kier alpha value is 0.400. The van der Waals surface area contributed by atoms with Crippen LogP contribution >= 0.6 is 45.2 Å². The SMILES string of the molecule is CC(C)(CO)[C@H](N)c1cc(I)cc(I)c1O. The highest BCUT2D eigenvalue weighted by molar-refractivity contribution is 14.1. The summed E-state index contributed by atoms with van der Waals surface area (Å²) >= 11 is 4.26. The summed E-state index contributed by atoms with van der Waals surface area (Å²) in [4.78, 5) is 0. The lowest BCUT2D eigenvalue weighted by molar-refractivity contribution is 0.131. The molecule has 0 fully saturated rings. The first-order valence-corrected chi connectivity index (χ1v) is 6.99. The largest absolute Gasteiger partial charge is 0.506 e. The number of halogens is 2. The fourth-order valence-corrected chi connectivity index (χ4v) is 3.23. The van der Waals surface area contributed by atoms with E-state index in [1.807, 2.05) is 26.0 Å². The predicted molar refractivity (Wildman–Crippen MR) is 81.3 cm³/mol. The van der Waals surface area contributed by atoms with E-state index >= 15 is 0 Å². The number of aliphatic hydroxyl groups is 1. The highest BCUT2D eigenvalue weighted by Crippen LogP contribution is 2.38. The molecule has 0 saturated heterocycles. The number of hydrogen-bond donors (Lipinski definition) is 3. The van der Waals surface area contributed by atoms with Gasteiger partial charge in [0.05, 0.1) is 3.57 Å². The van der Waals surface area contributed by atoms with Gasteiger partial charge >= 0.3 is 0 Å². The van der Waals surface area contributed by atoms with Gasteiger partial charge in [-0.2, -0.15) is 0 Å². The van der Waals surface area contributed by atoms with Crippen molar-refractivity contribution in [1.82, 2.24) is 0 Å². The van der Waals surface area contributed by atoms with E-state index in [0.29, 0.717) is 5.56 Å². The van der Waals surface area contributed by atoms with Gasteiger partial charge in [-0.25, -0.2) is 0 Å². The highest BCUT2D eigenvalue weighted by Gasteiger charge is 2.29. The van der Waals surface area contributed by atoms with Crippen LogP contribution in [0.3, 0.4) is 0 Å². The lowest BCUT2D eigenvalue weighted by Crippen LogP contribution is -2.32. The Morgan fingerprint density at radius 1 is 1.38 bits per heavy atom. The number of phenols is 1. The molecule has 4 N–H and O–H groups in total. The molecular weight excluding hydrogens is 432 g/mol. The first-order valence-electron chi connectivity index (χ1n) is 4.84. The third-order valence-corrected chi connectivity index (χ3v) is 4.09. The van der Waals surface area contributed by atoms with Crippen molar-refractivity contribution in [3.8, 4) is 5.75 Å². The molecule has 0 amide bonds. The van der Waals surface area contributed by atoms with Crippen LogP contribution in [0.15, 0.2) is 12.1 Å². The summed E-state index contributed by atoms with van der Waals surface area (Å²) in [7, 11) is 0. The summed E-state index contributed by atoms with van der Waals surface area (Å²) in [6, 6.07) is 3.36. The summed E-state index contributed by atoms with van der Waals surface area (Å²) in [5.41, 5.74) is 6.33. The first-order chi connectivity index (χ1) is 7.29. The molecule has 0 bridgehead atoms. The van der Waals surface area contributed by atoms with Crippen LogP contribution in [-0.2, 0) is 0 Å². The molecule has 0 heterocycles. The second-order valence-corrected chi connectivity index (χ2v) is 6.86. The quantitative estimate of drug-likeness (QED) is 0.625. The van der Waals surface area contributed by atoms with Crippen LogP contribution in [0.4, 0.5) is 0 Å². The average molecular weight is 447 g/mol. The number of hydrogen-bond acceptors (Lipinski definition) is 3. The Kier molecular flexibility index (Phi) is 4.85. The van der Waals surface area contributed by atoms with Gasteiger partial charge in [0.2, 0.25) is 0 Å². The van der Waals surface area contributed by atoms with Crippen LogP contribution in [0.5, 0.6) is 5.75 Å². The van der Waals surface area contributed by atoms with E-state index in [1.165, 1.54) is 0 Å². The van der Waals surface area contributed by atoms with Crippen molar-refractivity contribution < 1.29 is 10.2 Å². The zero-order valence-electron chi connectivity index (χ0n) is 9.17. The topological polar surface area (TPSA) is 66.5 Å². The van der Waals surface area contributed by atoms with Gasteiger partial charge in [-0.3, -0.25) is 0 Å². The fourth-order valence-electron chi connectivity index (χ4n) is 1.34.